The molecule has 0 heterocycles. The highest BCUT2D eigenvalue weighted by Gasteiger charge is 2.13. The average Bonchev–Trinajstić information content (AvgIpc) is 2.38. The van der Waals surface area contributed by atoms with E-state index in [1.165, 1.54) is 0 Å². The van der Waals surface area contributed by atoms with E-state index in [1.807, 2.05) is 6.92 Å². The van der Waals surface area contributed by atoms with Crippen molar-refractivity contribution in [1.82, 2.24) is 5.32 Å². The van der Waals surface area contributed by atoms with Crippen molar-refractivity contribution < 1.29 is 14.3 Å². The minimum Gasteiger partial charge on any atom is -0.462 e. The molecule has 0 aliphatic carbocycles. The molecule has 6 nitrogen and oxygen atoms in total. The molecule has 1 aromatic rings. The predicted octanol–water partition coefficient (Wildman–Crippen LogP) is 0.993. The molecule has 4 N–H and O–H groups in total. The number of nitrogen functional groups attached to an aromatic ring is 1. The fraction of sp³-hybridized carbons (Fsp3) is 0.385. The fourth-order valence-electron chi connectivity index (χ4n) is 1.54. The number of likely N-dealkylation sites (N-methyl/N-ethyl adjacent to an activating group) is 1. The zero-order valence-corrected chi connectivity index (χ0v) is 11.2. The third-order valence-electron chi connectivity index (χ3n) is 2.41. The molecular weight excluding hydrogens is 246 g/mol. The van der Waals surface area contributed by atoms with Crippen LogP contribution < -0.4 is 16.4 Å². The number of nitrogens with two attached hydrogens (primary N) is 1. The molecule has 6 heteroatoms. The molecular formula is C13H19N3O3. The van der Waals surface area contributed by atoms with Crippen molar-refractivity contribution >= 4 is 23.3 Å². The highest BCUT2D eigenvalue weighted by molar-refractivity contribution is 5.98. The number of hydrogen-bond donors (Lipinski definition) is 3. The van der Waals surface area contributed by atoms with Crippen molar-refractivity contribution in [2.24, 2.45) is 0 Å². The average molecular weight is 265 g/mol. The van der Waals surface area contributed by atoms with Gasteiger partial charge in [-0.2, -0.15) is 0 Å². The van der Waals surface area contributed by atoms with Gasteiger partial charge in [0.05, 0.1) is 30.1 Å². The second kappa shape index (κ2) is 7.25. The number of anilines is 2. The van der Waals surface area contributed by atoms with Gasteiger partial charge in [0.1, 0.15) is 0 Å². The first-order valence-corrected chi connectivity index (χ1v) is 6.16. The van der Waals surface area contributed by atoms with Gasteiger partial charge >= 0.3 is 5.97 Å². The number of ether oxygens (including phenoxy) is 1. The van der Waals surface area contributed by atoms with Gasteiger partial charge in [-0.05, 0) is 26.0 Å². The van der Waals surface area contributed by atoms with E-state index < -0.39 is 5.97 Å². The monoisotopic (exact) mass is 265 g/mol. The van der Waals surface area contributed by atoms with E-state index >= 15 is 0 Å². The summed E-state index contributed by atoms with van der Waals surface area (Å²) in [6.07, 6.45) is 0. The van der Waals surface area contributed by atoms with E-state index in [0.717, 1.165) is 0 Å². The van der Waals surface area contributed by atoms with Crippen LogP contribution in [0.2, 0.25) is 0 Å². The van der Waals surface area contributed by atoms with Gasteiger partial charge in [0.25, 0.3) is 0 Å². The number of para-hydroxylation sites is 1. The number of nitrogens with one attached hydrogen (secondary N) is 2. The van der Waals surface area contributed by atoms with E-state index in [-0.39, 0.29) is 24.7 Å². The van der Waals surface area contributed by atoms with Gasteiger partial charge in [-0.3, -0.25) is 4.79 Å². The van der Waals surface area contributed by atoms with Crippen LogP contribution in [0.4, 0.5) is 11.4 Å². The van der Waals surface area contributed by atoms with Crippen LogP contribution >= 0.6 is 0 Å². The summed E-state index contributed by atoms with van der Waals surface area (Å²) in [4.78, 5) is 23.0. The number of hydrogen-bond acceptors (Lipinski definition) is 5. The van der Waals surface area contributed by atoms with Gasteiger partial charge in [-0.15, -0.1) is 0 Å². The first-order valence-electron chi connectivity index (χ1n) is 6.16. The number of carbonyl (C=O) groups excluding carboxylic acids is 2. The highest BCUT2D eigenvalue weighted by Crippen LogP contribution is 2.23. The van der Waals surface area contributed by atoms with Gasteiger partial charge in [0.2, 0.25) is 5.91 Å². The summed E-state index contributed by atoms with van der Waals surface area (Å²) in [6, 6.07) is 4.98. The molecule has 19 heavy (non-hydrogen) atoms. The molecule has 0 saturated carbocycles. The normalized spacial score (nSPS) is 9.79. The summed E-state index contributed by atoms with van der Waals surface area (Å²) in [5.74, 6) is -0.606. The van der Waals surface area contributed by atoms with Crippen LogP contribution in [-0.2, 0) is 9.53 Å². The maximum absolute atomic E-state index is 11.6. The zero-order chi connectivity index (χ0) is 14.3. The molecule has 0 atom stereocenters. The number of amides is 1. The number of esters is 1. The van der Waals surface area contributed by atoms with Crippen molar-refractivity contribution in [1.29, 1.82) is 0 Å². The molecule has 104 valence electrons. The van der Waals surface area contributed by atoms with Gasteiger partial charge in [-0.1, -0.05) is 6.07 Å². The first kappa shape index (κ1) is 14.8. The third-order valence-corrected chi connectivity index (χ3v) is 2.41. The molecule has 0 radical (unpaired) electrons. The zero-order valence-electron chi connectivity index (χ0n) is 11.2. The summed E-state index contributed by atoms with van der Waals surface area (Å²) in [6.45, 7) is 4.52. The summed E-state index contributed by atoms with van der Waals surface area (Å²) < 4.78 is 4.90. The fourth-order valence-corrected chi connectivity index (χ4v) is 1.54. The highest BCUT2D eigenvalue weighted by atomic mass is 16.5. The van der Waals surface area contributed by atoms with Crippen LogP contribution in [0.1, 0.15) is 24.2 Å². The second-order valence-electron chi connectivity index (χ2n) is 3.79. The van der Waals surface area contributed by atoms with Crippen LogP contribution in [0, 0.1) is 0 Å². The Morgan fingerprint density at radius 1 is 1.32 bits per heavy atom. The molecule has 1 rings (SSSR count). The van der Waals surface area contributed by atoms with E-state index in [4.69, 9.17) is 10.5 Å². The standard InChI is InChI=1S/C13H19N3O3/c1-3-15-11(17)8-16-10-7-5-6-9(12(10)14)13(18)19-4-2/h5-7,16H,3-4,8,14H2,1-2H3,(H,15,17). The van der Waals surface area contributed by atoms with Crippen LogP contribution in [0.5, 0.6) is 0 Å². The first-order chi connectivity index (χ1) is 9.10. The van der Waals surface area contributed by atoms with E-state index in [1.54, 1.807) is 25.1 Å². The lowest BCUT2D eigenvalue weighted by molar-refractivity contribution is -0.119. The third kappa shape index (κ3) is 4.17. The lowest BCUT2D eigenvalue weighted by atomic mass is 10.1. The Labute approximate surface area is 112 Å². The molecule has 0 bridgehead atoms. The predicted molar refractivity (Wildman–Crippen MR) is 74.0 cm³/mol. The maximum Gasteiger partial charge on any atom is 0.340 e. The van der Waals surface area contributed by atoms with Crippen molar-refractivity contribution in [3.63, 3.8) is 0 Å². The Morgan fingerprint density at radius 3 is 2.68 bits per heavy atom. The van der Waals surface area contributed by atoms with E-state index in [9.17, 15) is 9.59 Å². The van der Waals surface area contributed by atoms with E-state index in [0.29, 0.717) is 17.8 Å². The quantitative estimate of drug-likeness (QED) is 0.527. The van der Waals surface area contributed by atoms with Crippen molar-refractivity contribution in [2.75, 3.05) is 30.7 Å². The number of carbonyl (C=O) groups is 2. The lowest BCUT2D eigenvalue weighted by Crippen LogP contribution is -2.29. The van der Waals surface area contributed by atoms with Crippen LogP contribution in [-0.4, -0.2) is 31.6 Å². The molecule has 1 aromatic carbocycles. The minimum absolute atomic E-state index is 0.102. The molecule has 0 spiro atoms. The topological polar surface area (TPSA) is 93.5 Å². The molecule has 0 aliphatic rings. The molecule has 0 unspecified atom stereocenters. The van der Waals surface area contributed by atoms with Gasteiger partial charge in [0.15, 0.2) is 0 Å². The number of benzene rings is 1. The Morgan fingerprint density at radius 2 is 2.05 bits per heavy atom. The van der Waals surface area contributed by atoms with E-state index in [2.05, 4.69) is 10.6 Å². The van der Waals surface area contributed by atoms with Gasteiger partial charge in [0, 0.05) is 6.54 Å². The van der Waals surface area contributed by atoms with Crippen molar-refractivity contribution in [3.8, 4) is 0 Å². The molecule has 0 fully saturated rings. The summed E-state index contributed by atoms with van der Waals surface area (Å²) >= 11 is 0. The molecule has 0 aromatic heterocycles. The SMILES string of the molecule is CCNC(=O)CNc1cccc(C(=O)OCC)c1N. The van der Waals surface area contributed by atoms with Crippen molar-refractivity contribution in [3.05, 3.63) is 23.8 Å². The van der Waals surface area contributed by atoms with Gasteiger partial charge < -0.3 is 21.1 Å². The lowest BCUT2D eigenvalue weighted by Gasteiger charge is -2.12. The molecule has 0 aliphatic heterocycles. The number of rotatable bonds is 6. The van der Waals surface area contributed by atoms with Crippen LogP contribution in [0.15, 0.2) is 18.2 Å². The largest absolute Gasteiger partial charge is 0.462 e. The Bertz CT molecular complexity index is 460. The Hall–Kier alpha value is -2.24. The summed E-state index contributed by atoms with van der Waals surface area (Å²) in [5.41, 5.74) is 7.00. The molecule has 1 amide bonds. The van der Waals surface area contributed by atoms with Crippen LogP contribution in [0.25, 0.3) is 0 Å². The molecule has 0 saturated heterocycles. The summed E-state index contributed by atoms with van der Waals surface area (Å²) in [7, 11) is 0. The Balaban J connectivity index is 2.77. The van der Waals surface area contributed by atoms with Crippen LogP contribution in [0.3, 0.4) is 0 Å². The Kier molecular flexibility index (Phi) is 5.66. The smallest absolute Gasteiger partial charge is 0.340 e. The maximum atomic E-state index is 11.6. The second-order valence-corrected chi connectivity index (χ2v) is 3.79. The van der Waals surface area contributed by atoms with Crippen molar-refractivity contribution in [2.45, 2.75) is 13.8 Å². The minimum atomic E-state index is -0.471. The summed E-state index contributed by atoms with van der Waals surface area (Å²) in [5, 5.41) is 5.55. The van der Waals surface area contributed by atoms with Gasteiger partial charge in [-0.25, -0.2) is 4.79 Å².